The molecular weight excluding hydrogens is 578 g/mol. The number of alkyl halides is 6. The van der Waals surface area contributed by atoms with Crippen molar-refractivity contribution in [1.82, 2.24) is 4.90 Å². The molecule has 3 aliphatic rings. The number of halogens is 6. The molecule has 0 radical (unpaired) electrons. The van der Waals surface area contributed by atoms with Crippen molar-refractivity contribution in [2.24, 2.45) is 5.92 Å². The molecule has 0 bridgehead atoms. The van der Waals surface area contributed by atoms with Crippen LogP contribution in [0.4, 0.5) is 41.6 Å². The summed E-state index contributed by atoms with van der Waals surface area (Å²) >= 11 is 0. The number of amides is 2. The summed E-state index contributed by atoms with van der Waals surface area (Å²) in [4.78, 5) is 29.7. The van der Waals surface area contributed by atoms with Crippen LogP contribution in [-0.2, 0) is 41.2 Å². The number of fused-ring (bicyclic) bond motifs is 2. The Morgan fingerprint density at radius 3 is 2.00 bits per heavy atom. The number of nitrogens with zero attached hydrogens (tertiary/aromatic N) is 2. The lowest BCUT2D eigenvalue weighted by Gasteiger charge is -2.45. The molecule has 2 aliphatic carbocycles. The lowest BCUT2D eigenvalue weighted by atomic mass is 9.86. The lowest BCUT2D eigenvalue weighted by molar-refractivity contribution is -0.143. The molecule has 0 unspecified atom stereocenters. The summed E-state index contributed by atoms with van der Waals surface area (Å²) < 4.78 is 92.6. The smallest absolute Gasteiger partial charge is 0.416 e. The maximum absolute atomic E-state index is 13.6. The molecule has 1 saturated carbocycles. The van der Waals surface area contributed by atoms with E-state index in [0.717, 1.165) is 50.3 Å². The first kappa shape index (κ1) is 31.0. The van der Waals surface area contributed by atoms with Gasteiger partial charge in [0.25, 0.3) is 0 Å². The molecule has 12 heteroatoms. The zero-order valence-corrected chi connectivity index (χ0v) is 24.4. The predicted octanol–water partition coefficient (Wildman–Crippen LogP) is 8.45. The summed E-state index contributed by atoms with van der Waals surface area (Å²) in [6.07, 6.45) is -7.16. The molecule has 2 atom stereocenters. The molecule has 2 aromatic rings. The minimum atomic E-state index is -5.03. The standard InChI is InChI=1S/C31H34F6N2O4/c1-29(2,3)43-28(41)39-24(18-8-9-18)15-25(23-12-19-6-5-7-20(19)13-26(23)39)38(27(40)42-4)16-17-10-21(30(32,33)34)14-22(11-17)31(35,36)37/h10-14,18,24-25H,5-9,15-16H2,1-4H3/t24-,25-/m0/s1. The minimum Gasteiger partial charge on any atom is -0.453 e. The van der Waals surface area contributed by atoms with Gasteiger partial charge >= 0.3 is 24.5 Å². The first-order valence-electron chi connectivity index (χ1n) is 14.3. The fourth-order valence-electron chi connectivity index (χ4n) is 6.20. The number of ether oxygens (including phenoxy) is 2. The Hall–Kier alpha value is -3.44. The Morgan fingerprint density at radius 1 is 0.907 bits per heavy atom. The molecule has 1 fully saturated rings. The second-order valence-electron chi connectivity index (χ2n) is 12.6. The number of carbonyl (C=O) groups excluding carboxylic acids is 2. The monoisotopic (exact) mass is 612 g/mol. The first-order chi connectivity index (χ1) is 20.0. The maximum Gasteiger partial charge on any atom is 0.416 e. The van der Waals surface area contributed by atoms with E-state index in [4.69, 9.17) is 9.47 Å². The summed E-state index contributed by atoms with van der Waals surface area (Å²) in [7, 11) is 1.11. The molecule has 1 heterocycles. The van der Waals surface area contributed by atoms with E-state index in [0.29, 0.717) is 23.4 Å². The zero-order valence-electron chi connectivity index (χ0n) is 24.4. The number of aryl methyl sites for hydroxylation is 2. The highest BCUT2D eigenvalue weighted by Gasteiger charge is 2.48. The van der Waals surface area contributed by atoms with Gasteiger partial charge in [0, 0.05) is 12.6 Å². The Balaban J connectivity index is 1.63. The van der Waals surface area contributed by atoms with Crippen molar-refractivity contribution in [2.75, 3.05) is 12.0 Å². The van der Waals surface area contributed by atoms with Crippen LogP contribution < -0.4 is 4.90 Å². The summed E-state index contributed by atoms with van der Waals surface area (Å²) in [6.45, 7) is 4.72. The van der Waals surface area contributed by atoms with Crippen molar-refractivity contribution < 1.29 is 45.4 Å². The first-order valence-corrected chi connectivity index (χ1v) is 14.3. The minimum absolute atomic E-state index is 0.0625. The molecule has 0 spiro atoms. The van der Waals surface area contributed by atoms with Crippen LogP contribution in [0.3, 0.4) is 0 Å². The Morgan fingerprint density at radius 2 is 1.49 bits per heavy atom. The van der Waals surface area contributed by atoms with E-state index in [1.165, 1.54) is 4.90 Å². The fourth-order valence-corrected chi connectivity index (χ4v) is 6.20. The van der Waals surface area contributed by atoms with Crippen LogP contribution in [0, 0.1) is 5.92 Å². The van der Waals surface area contributed by atoms with Crippen molar-refractivity contribution in [2.45, 2.75) is 95.9 Å². The number of methoxy groups -OCH3 is 1. The van der Waals surface area contributed by atoms with Gasteiger partial charge in [0.05, 0.1) is 30.0 Å². The van der Waals surface area contributed by atoms with Gasteiger partial charge in [-0.25, -0.2) is 9.59 Å². The van der Waals surface area contributed by atoms with Crippen molar-refractivity contribution >= 4 is 17.9 Å². The molecule has 2 amide bonds. The number of benzene rings is 2. The normalized spacial score (nSPS) is 20.4. The SMILES string of the molecule is COC(=O)N(Cc1cc(C(F)(F)F)cc(C(F)(F)F)c1)[C@H]1C[C@@H](C2CC2)N(C(=O)OC(C)(C)C)c2cc3c(cc21)CCC3. The van der Waals surface area contributed by atoms with Gasteiger partial charge in [-0.2, -0.15) is 26.3 Å². The number of anilines is 1. The van der Waals surface area contributed by atoms with E-state index in [1.54, 1.807) is 25.7 Å². The van der Waals surface area contributed by atoms with Crippen LogP contribution in [-0.4, -0.2) is 35.8 Å². The maximum atomic E-state index is 13.6. The van der Waals surface area contributed by atoms with E-state index >= 15 is 0 Å². The van der Waals surface area contributed by atoms with E-state index in [9.17, 15) is 35.9 Å². The highest BCUT2D eigenvalue weighted by atomic mass is 19.4. The Bertz CT molecular complexity index is 1380. The van der Waals surface area contributed by atoms with Gasteiger partial charge in [-0.15, -0.1) is 0 Å². The van der Waals surface area contributed by atoms with Crippen LogP contribution in [0.25, 0.3) is 0 Å². The second kappa shape index (κ2) is 10.9. The zero-order chi connectivity index (χ0) is 31.5. The topological polar surface area (TPSA) is 59.1 Å². The predicted molar refractivity (Wildman–Crippen MR) is 145 cm³/mol. The van der Waals surface area contributed by atoms with Gasteiger partial charge in [-0.1, -0.05) is 6.07 Å². The van der Waals surface area contributed by atoms with Crippen molar-refractivity contribution in [1.29, 1.82) is 0 Å². The molecule has 6 nitrogen and oxygen atoms in total. The third-order valence-electron chi connectivity index (χ3n) is 8.20. The Labute approximate surface area is 245 Å². The third kappa shape index (κ3) is 6.57. The van der Waals surface area contributed by atoms with Crippen molar-refractivity contribution in [3.05, 3.63) is 63.7 Å². The van der Waals surface area contributed by atoms with Gasteiger partial charge in [0.15, 0.2) is 0 Å². The number of carbonyl (C=O) groups is 2. The lowest BCUT2D eigenvalue weighted by Crippen LogP contribution is -2.51. The molecule has 43 heavy (non-hydrogen) atoms. The number of hydrogen-bond acceptors (Lipinski definition) is 4. The Kier molecular flexibility index (Phi) is 7.88. The number of hydrogen-bond donors (Lipinski definition) is 0. The van der Waals surface area contributed by atoms with E-state index < -0.39 is 59.9 Å². The van der Waals surface area contributed by atoms with Crippen molar-refractivity contribution in [3.63, 3.8) is 0 Å². The largest absolute Gasteiger partial charge is 0.453 e. The molecule has 0 N–H and O–H groups in total. The highest BCUT2D eigenvalue weighted by molar-refractivity contribution is 5.91. The average Bonchev–Trinajstić information content (AvgIpc) is 3.64. The molecule has 0 aromatic heterocycles. The average molecular weight is 613 g/mol. The highest BCUT2D eigenvalue weighted by Crippen LogP contribution is 2.50. The summed E-state index contributed by atoms with van der Waals surface area (Å²) in [5.41, 5.74) is -0.842. The summed E-state index contributed by atoms with van der Waals surface area (Å²) in [5, 5.41) is 0. The van der Waals surface area contributed by atoms with Gasteiger partial charge in [-0.3, -0.25) is 9.80 Å². The van der Waals surface area contributed by atoms with Crippen LogP contribution in [0.5, 0.6) is 0 Å². The second-order valence-corrected chi connectivity index (χ2v) is 12.6. The van der Waals surface area contributed by atoms with E-state index in [1.807, 2.05) is 12.1 Å². The van der Waals surface area contributed by atoms with Gasteiger partial charge in [0.1, 0.15) is 5.60 Å². The van der Waals surface area contributed by atoms with E-state index in [2.05, 4.69) is 0 Å². The number of rotatable bonds is 4. The molecule has 5 rings (SSSR count). The van der Waals surface area contributed by atoms with E-state index in [-0.39, 0.29) is 24.0 Å². The third-order valence-corrected chi connectivity index (χ3v) is 8.20. The summed E-state index contributed by atoms with van der Waals surface area (Å²) in [6, 6.07) is 3.98. The summed E-state index contributed by atoms with van der Waals surface area (Å²) in [5.74, 6) is 0.0984. The fraction of sp³-hybridized carbons (Fsp3) is 0.548. The van der Waals surface area contributed by atoms with Crippen LogP contribution in [0.1, 0.15) is 85.9 Å². The molecule has 2 aromatic carbocycles. The van der Waals surface area contributed by atoms with Gasteiger partial charge in [0.2, 0.25) is 0 Å². The molecule has 0 saturated heterocycles. The molecule has 234 valence electrons. The molecule has 1 aliphatic heterocycles. The van der Waals surface area contributed by atoms with Crippen molar-refractivity contribution in [3.8, 4) is 0 Å². The van der Waals surface area contributed by atoms with Crippen LogP contribution in [0.2, 0.25) is 0 Å². The van der Waals surface area contributed by atoms with Gasteiger partial charge in [-0.05, 0) is 112 Å². The molecular formula is C31H34F6N2O4. The van der Waals surface area contributed by atoms with Crippen LogP contribution >= 0.6 is 0 Å². The van der Waals surface area contributed by atoms with Crippen LogP contribution in [0.15, 0.2) is 30.3 Å². The van der Waals surface area contributed by atoms with Gasteiger partial charge < -0.3 is 9.47 Å². The quantitative estimate of drug-likeness (QED) is 0.325.